The molecule has 1 aromatic carbocycles. The molecule has 6 nitrogen and oxygen atoms in total. The lowest BCUT2D eigenvalue weighted by atomic mass is 10.3. The van der Waals surface area contributed by atoms with Crippen molar-refractivity contribution in [1.29, 1.82) is 0 Å². The van der Waals surface area contributed by atoms with Crippen molar-refractivity contribution in [3.05, 3.63) is 43.0 Å². The molecule has 0 saturated carbocycles. The molecule has 0 saturated heterocycles. The summed E-state index contributed by atoms with van der Waals surface area (Å²) in [5, 5.41) is 10.3. The highest BCUT2D eigenvalue weighted by Gasteiger charge is 2.32. The summed E-state index contributed by atoms with van der Waals surface area (Å²) in [6.45, 7) is 2.45. The summed E-state index contributed by atoms with van der Waals surface area (Å²) in [6.07, 6.45) is -0.130. The van der Waals surface area contributed by atoms with Gasteiger partial charge >= 0.3 is 0 Å². The third-order valence-corrected chi connectivity index (χ3v) is 7.03. The molecule has 2 heterocycles. The first-order valence-electron chi connectivity index (χ1n) is 6.97. The van der Waals surface area contributed by atoms with Crippen LogP contribution in [0.4, 0.5) is 5.69 Å². The summed E-state index contributed by atoms with van der Waals surface area (Å²) in [4.78, 5) is 5.55. The van der Waals surface area contributed by atoms with Crippen LogP contribution in [-0.2, 0) is 16.5 Å². The van der Waals surface area contributed by atoms with Crippen LogP contribution in [0.25, 0.3) is 0 Å². The number of thiazole rings is 1. The van der Waals surface area contributed by atoms with E-state index >= 15 is 0 Å². The Morgan fingerprint density at radius 2 is 2.08 bits per heavy atom. The van der Waals surface area contributed by atoms with Gasteiger partial charge in [0.05, 0.1) is 15.6 Å². The van der Waals surface area contributed by atoms with Gasteiger partial charge in [-0.05, 0) is 31.3 Å². The number of aromatic amines is 1. The molecule has 24 heavy (non-hydrogen) atoms. The fourth-order valence-electron chi connectivity index (χ4n) is 2.45. The molecular formula is C14H14N2O4S4. The molecule has 0 bridgehead atoms. The maximum Gasteiger partial charge on any atom is 0.293 e. The maximum absolute atomic E-state index is 12.0. The SMILES string of the molecule is CCN1C(=C(Cc2sc(=S)[nH]c2O)S(=O)(=O)O)Sc2ccccc21. The van der Waals surface area contributed by atoms with Crippen LogP contribution in [0.5, 0.6) is 5.88 Å². The van der Waals surface area contributed by atoms with Crippen molar-refractivity contribution in [2.75, 3.05) is 11.4 Å². The van der Waals surface area contributed by atoms with Crippen LogP contribution in [0.15, 0.2) is 39.1 Å². The molecule has 2 aromatic rings. The molecule has 0 unspecified atom stereocenters. The third kappa shape index (κ3) is 3.24. The van der Waals surface area contributed by atoms with Crippen LogP contribution in [0, 0.1) is 3.95 Å². The molecule has 0 atom stereocenters. The van der Waals surface area contributed by atoms with Gasteiger partial charge in [-0.15, -0.1) is 11.3 Å². The molecule has 0 amide bonds. The lowest BCUT2D eigenvalue weighted by molar-refractivity contribution is 0.451. The van der Waals surface area contributed by atoms with E-state index in [0.717, 1.165) is 21.9 Å². The minimum atomic E-state index is -4.45. The minimum Gasteiger partial charge on any atom is -0.494 e. The highest BCUT2D eigenvalue weighted by Crippen LogP contribution is 2.48. The number of hydrogen-bond acceptors (Lipinski definition) is 7. The Hall–Kier alpha value is -1.33. The van der Waals surface area contributed by atoms with E-state index in [1.165, 1.54) is 11.8 Å². The second-order valence-electron chi connectivity index (χ2n) is 4.98. The zero-order valence-corrected chi connectivity index (χ0v) is 15.8. The molecule has 0 fully saturated rings. The Morgan fingerprint density at radius 1 is 1.38 bits per heavy atom. The van der Waals surface area contributed by atoms with E-state index in [4.69, 9.17) is 12.2 Å². The number of rotatable bonds is 4. The van der Waals surface area contributed by atoms with Gasteiger partial charge < -0.3 is 15.0 Å². The van der Waals surface area contributed by atoms with E-state index in [9.17, 15) is 18.1 Å². The van der Waals surface area contributed by atoms with E-state index in [1.54, 1.807) is 0 Å². The normalized spacial score (nSPS) is 16.3. The van der Waals surface area contributed by atoms with E-state index in [2.05, 4.69) is 4.98 Å². The van der Waals surface area contributed by atoms with Crippen LogP contribution in [0.3, 0.4) is 0 Å². The van der Waals surface area contributed by atoms with Crippen molar-refractivity contribution in [1.82, 2.24) is 4.98 Å². The number of fused-ring (bicyclic) bond motifs is 1. The minimum absolute atomic E-state index is 0.130. The largest absolute Gasteiger partial charge is 0.494 e. The summed E-state index contributed by atoms with van der Waals surface area (Å²) in [6, 6.07) is 7.55. The molecule has 1 aliphatic heterocycles. The molecule has 3 N–H and O–H groups in total. The Labute approximate surface area is 152 Å². The number of nitrogens with zero attached hydrogens (tertiary/aromatic N) is 1. The van der Waals surface area contributed by atoms with Gasteiger partial charge in [0.25, 0.3) is 10.1 Å². The summed E-state index contributed by atoms with van der Waals surface area (Å²) in [5.74, 6) is -0.171. The number of allylic oxidation sites excluding steroid dienone is 1. The summed E-state index contributed by atoms with van der Waals surface area (Å²) in [5.41, 5.74) is 0.895. The van der Waals surface area contributed by atoms with E-state index < -0.39 is 10.1 Å². The van der Waals surface area contributed by atoms with Crippen LogP contribution < -0.4 is 4.90 Å². The average molecular weight is 403 g/mol. The number of hydrogen-bond donors (Lipinski definition) is 3. The number of nitrogens with one attached hydrogen (secondary N) is 1. The Morgan fingerprint density at radius 3 is 2.67 bits per heavy atom. The van der Waals surface area contributed by atoms with Gasteiger partial charge in [0, 0.05) is 17.9 Å². The van der Waals surface area contributed by atoms with Gasteiger partial charge in [-0.3, -0.25) is 4.55 Å². The number of thioether (sulfide) groups is 1. The molecule has 0 spiro atoms. The van der Waals surface area contributed by atoms with Crippen LogP contribution in [0.1, 0.15) is 11.8 Å². The Balaban J connectivity index is 2.14. The zero-order chi connectivity index (χ0) is 17.5. The summed E-state index contributed by atoms with van der Waals surface area (Å²) in [7, 11) is -4.45. The third-order valence-electron chi connectivity index (χ3n) is 3.50. The zero-order valence-electron chi connectivity index (χ0n) is 12.5. The summed E-state index contributed by atoms with van der Waals surface area (Å²) >= 11 is 7.33. The predicted octanol–water partition coefficient (Wildman–Crippen LogP) is 3.74. The van der Waals surface area contributed by atoms with Crippen molar-refractivity contribution < 1.29 is 18.1 Å². The Bertz CT molecular complexity index is 975. The van der Waals surface area contributed by atoms with Gasteiger partial charge in [0.1, 0.15) is 4.91 Å². The number of benzene rings is 1. The standard InChI is InChI=1S/C14H14N2O4S4/c1-2-16-8-5-3-4-6-9(8)22-13(16)11(24(18,19)20)7-10-12(17)15-14(21)23-10/h3-6,17H,2,7H2,1H3,(H,15,21)(H,18,19,20). The van der Waals surface area contributed by atoms with Crippen molar-refractivity contribution in [2.45, 2.75) is 18.2 Å². The molecular weight excluding hydrogens is 388 g/mol. The topological polar surface area (TPSA) is 93.6 Å². The van der Waals surface area contributed by atoms with E-state index in [1.807, 2.05) is 36.1 Å². The van der Waals surface area contributed by atoms with Crippen molar-refractivity contribution >= 4 is 51.1 Å². The van der Waals surface area contributed by atoms with Crippen molar-refractivity contribution in [3.8, 4) is 5.88 Å². The second kappa shape index (κ2) is 6.52. The average Bonchev–Trinajstić information content (AvgIpc) is 3.02. The molecule has 128 valence electrons. The van der Waals surface area contributed by atoms with Crippen molar-refractivity contribution in [3.63, 3.8) is 0 Å². The molecule has 0 radical (unpaired) electrons. The molecule has 1 aromatic heterocycles. The number of anilines is 1. The number of para-hydroxylation sites is 1. The molecule has 0 aliphatic carbocycles. The van der Waals surface area contributed by atoms with Gasteiger partial charge in [-0.25, -0.2) is 0 Å². The van der Waals surface area contributed by atoms with E-state index in [-0.39, 0.29) is 17.2 Å². The highest BCUT2D eigenvalue weighted by atomic mass is 32.2. The first kappa shape index (κ1) is 17.5. The number of aromatic nitrogens is 1. The summed E-state index contributed by atoms with van der Waals surface area (Å²) < 4.78 is 34.1. The fraction of sp³-hybridized carbons (Fsp3) is 0.214. The monoisotopic (exact) mass is 402 g/mol. The van der Waals surface area contributed by atoms with Gasteiger partial charge in [-0.1, -0.05) is 23.9 Å². The molecule has 1 aliphatic rings. The fourth-order valence-corrected chi connectivity index (χ4v) is 5.94. The van der Waals surface area contributed by atoms with E-state index in [0.29, 0.717) is 20.4 Å². The first-order valence-corrected chi connectivity index (χ1v) is 10.5. The first-order chi connectivity index (χ1) is 11.3. The highest BCUT2D eigenvalue weighted by molar-refractivity contribution is 8.04. The Kier molecular flexibility index (Phi) is 4.76. The smallest absolute Gasteiger partial charge is 0.293 e. The maximum atomic E-state index is 12.0. The number of H-pyrrole nitrogens is 1. The lowest BCUT2D eigenvalue weighted by Gasteiger charge is -2.20. The van der Waals surface area contributed by atoms with Crippen LogP contribution in [-0.4, -0.2) is 29.6 Å². The van der Waals surface area contributed by atoms with Crippen LogP contribution in [0.2, 0.25) is 0 Å². The van der Waals surface area contributed by atoms with Gasteiger partial charge in [0.2, 0.25) is 5.88 Å². The lowest BCUT2D eigenvalue weighted by Crippen LogP contribution is -2.21. The second-order valence-corrected chi connectivity index (χ2v) is 9.23. The van der Waals surface area contributed by atoms with Crippen LogP contribution >= 0.6 is 35.3 Å². The number of aromatic hydroxyl groups is 1. The van der Waals surface area contributed by atoms with Gasteiger partial charge in [-0.2, -0.15) is 8.42 Å². The van der Waals surface area contributed by atoms with Gasteiger partial charge in [0.15, 0.2) is 3.95 Å². The van der Waals surface area contributed by atoms with Crippen molar-refractivity contribution in [2.24, 2.45) is 0 Å². The quantitative estimate of drug-likeness (QED) is 0.530. The molecule has 10 heteroatoms. The molecule has 3 rings (SSSR count). The predicted molar refractivity (Wildman–Crippen MR) is 98.8 cm³/mol.